The molecule has 1 nitrogen and oxygen atoms in total. The van der Waals surface area contributed by atoms with E-state index >= 15 is 0 Å². The van der Waals surface area contributed by atoms with Crippen LogP contribution in [0.4, 0.5) is 11.4 Å². The average Bonchev–Trinajstić information content (AvgIpc) is 2.38. The fourth-order valence-corrected chi connectivity index (χ4v) is 2.22. The minimum absolute atomic E-state index is 0. The second-order valence-electron chi connectivity index (χ2n) is 7.71. The first-order valence-electron chi connectivity index (χ1n) is 7.59. The summed E-state index contributed by atoms with van der Waals surface area (Å²) >= 11 is 0. The molecule has 0 aliphatic carbocycles. The Balaban J connectivity index is 0.00000242. The minimum Gasteiger partial charge on any atom is -0.658 e. The molecular formula is C20H26CsN. The molecule has 2 aromatic rings. The van der Waals surface area contributed by atoms with Gasteiger partial charge in [-0.15, -0.1) is 11.4 Å². The van der Waals surface area contributed by atoms with E-state index in [1.165, 1.54) is 11.1 Å². The van der Waals surface area contributed by atoms with Crippen molar-refractivity contribution in [2.75, 3.05) is 0 Å². The van der Waals surface area contributed by atoms with E-state index in [9.17, 15) is 0 Å². The van der Waals surface area contributed by atoms with Crippen molar-refractivity contribution in [3.63, 3.8) is 0 Å². The molecule has 0 aliphatic heterocycles. The van der Waals surface area contributed by atoms with E-state index in [2.05, 4.69) is 95.4 Å². The van der Waals surface area contributed by atoms with Gasteiger partial charge in [-0.25, -0.2) is 0 Å². The molecule has 0 spiro atoms. The van der Waals surface area contributed by atoms with Crippen molar-refractivity contribution in [2.45, 2.75) is 52.4 Å². The van der Waals surface area contributed by atoms with Gasteiger partial charge in [-0.1, -0.05) is 90.1 Å². The predicted molar refractivity (Wildman–Crippen MR) is 93.0 cm³/mol. The van der Waals surface area contributed by atoms with Crippen molar-refractivity contribution in [1.29, 1.82) is 0 Å². The first-order chi connectivity index (χ1) is 9.66. The van der Waals surface area contributed by atoms with Crippen LogP contribution < -0.4 is 68.9 Å². The first kappa shape index (κ1) is 20.3. The molecule has 22 heavy (non-hydrogen) atoms. The van der Waals surface area contributed by atoms with Crippen molar-refractivity contribution in [3.05, 3.63) is 65.0 Å². The molecule has 0 amide bonds. The Kier molecular flexibility index (Phi) is 7.31. The van der Waals surface area contributed by atoms with Gasteiger partial charge in [0.25, 0.3) is 0 Å². The fourth-order valence-electron chi connectivity index (χ4n) is 2.22. The van der Waals surface area contributed by atoms with Gasteiger partial charge in [0.05, 0.1) is 0 Å². The number of hydrogen-bond donors (Lipinski definition) is 0. The van der Waals surface area contributed by atoms with Crippen molar-refractivity contribution >= 4 is 11.4 Å². The third kappa shape index (κ3) is 5.73. The summed E-state index contributed by atoms with van der Waals surface area (Å²) in [6.07, 6.45) is 0. The molecule has 0 N–H and O–H groups in total. The Morgan fingerprint density at radius 3 is 1.05 bits per heavy atom. The Morgan fingerprint density at radius 2 is 0.818 bits per heavy atom. The third-order valence-corrected chi connectivity index (χ3v) is 3.72. The van der Waals surface area contributed by atoms with E-state index < -0.39 is 0 Å². The normalized spacial score (nSPS) is 11.7. The van der Waals surface area contributed by atoms with Crippen molar-refractivity contribution in [2.24, 2.45) is 0 Å². The smallest absolute Gasteiger partial charge is 0.658 e. The van der Waals surface area contributed by atoms with Crippen LogP contribution in [0, 0.1) is 0 Å². The van der Waals surface area contributed by atoms with Crippen LogP contribution >= 0.6 is 0 Å². The van der Waals surface area contributed by atoms with Crippen LogP contribution in [0.3, 0.4) is 0 Å². The average molecular weight is 413 g/mol. The van der Waals surface area contributed by atoms with Crippen LogP contribution in [0.2, 0.25) is 0 Å². The Labute approximate surface area is 194 Å². The molecular weight excluding hydrogens is 387 g/mol. The Bertz CT molecular complexity index is 528. The van der Waals surface area contributed by atoms with Crippen molar-refractivity contribution in [1.82, 2.24) is 0 Å². The summed E-state index contributed by atoms with van der Waals surface area (Å²) in [5.74, 6) is 0. The maximum Gasteiger partial charge on any atom is 1.00 e. The molecule has 2 aromatic carbocycles. The summed E-state index contributed by atoms with van der Waals surface area (Å²) in [5.41, 5.74) is 5.06. The van der Waals surface area contributed by atoms with Gasteiger partial charge in [0.15, 0.2) is 0 Å². The quantitative estimate of drug-likeness (QED) is 0.714. The second kappa shape index (κ2) is 7.91. The zero-order valence-corrected chi connectivity index (χ0v) is 21.3. The third-order valence-electron chi connectivity index (χ3n) is 3.72. The largest absolute Gasteiger partial charge is 1.00 e. The Hall–Kier alpha value is 0.292. The van der Waals surface area contributed by atoms with E-state index in [1.54, 1.807) is 0 Å². The molecule has 0 unspecified atom stereocenters. The summed E-state index contributed by atoms with van der Waals surface area (Å²) < 4.78 is 0. The van der Waals surface area contributed by atoms with E-state index in [1.807, 2.05) is 0 Å². The zero-order valence-electron chi connectivity index (χ0n) is 15.1. The molecule has 0 fully saturated rings. The first-order valence-corrected chi connectivity index (χ1v) is 7.59. The monoisotopic (exact) mass is 413 g/mol. The fraction of sp³-hybridized carbons (Fsp3) is 0.400. The molecule has 0 saturated heterocycles. The molecule has 0 bridgehead atoms. The van der Waals surface area contributed by atoms with Gasteiger partial charge in [-0.2, -0.15) is 0 Å². The molecule has 0 saturated carbocycles. The van der Waals surface area contributed by atoms with Gasteiger partial charge in [-0.3, -0.25) is 0 Å². The maximum absolute atomic E-state index is 4.69. The molecule has 0 atom stereocenters. The van der Waals surface area contributed by atoms with Gasteiger partial charge < -0.3 is 5.32 Å². The van der Waals surface area contributed by atoms with Gasteiger partial charge in [-0.05, 0) is 22.0 Å². The number of benzene rings is 2. The van der Waals surface area contributed by atoms with Gasteiger partial charge in [0.1, 0.15) is 0 Å². The van der Waals surface area contributed by atoms with E-state index in [4.69, 9.17) is 0 Å². The van der Waals surface area contributed by atoms with Crippen LogP contribution in [0.1, 0.15) is 52.7 Å². The van der Waals surface area contributed by atoms with E-state index in [0.29, 0.717) is 0 Å². The van der Waals surface area contributed by atoms with Gasteiger partial charge in [0.2, 0.25) is 0 Å². The second-order valence-corrected chi connectivity index (χ2v) is 7.71. The van der Waals surface area contributed by atoms with Gasteiger partial charge >= 0.3 is 68.9 Å². The molecule has 0 heterocycles. The molecule has 0 radical (unpaired) electrons. The number of nitrogens with zero attached hydrogens (tertiary/aromatic N) is 1. The zero-order chi connectivity index (χ0) is 15.7. The van der Waals surface area contributed by atoms with Crippen molar-refractivity contribution in [3.8, 4) is 0 Å². The van der Waals surface area contributed by atoms with Crippen LogP contribution in [-0.2, 0) is 10.8 Å². The summed E-state index contributed by atoms with van der Waals surface area (Å²) in [4.78, 5) is 0. The summed E-state index contributed by atoms with van der Waals surface area (Å²) in [5, 5.41) is 4.69. The van der Waals surface area contributed by atoms with E-state index in [-0.39, 0.29) is 79.7 Å². The topological polar surface area (TPSA) is 14.1 Å². The number of hydrogen-bond acceptors (Lipinski definition) is 0. The van der Waals surface area contributed by atoms with Crippen LogP contribution in [0.25, 0.3) is 5.32 Å². The molecule has 0 aliphatic rings. The van der Waals surface area contributed by atoms with Gasteiger partial charge in [0, 0.05) is 0 Å². The summed E-state index contributed by atoms with van der Waals surface area (Å²) in [6, 6.07) is 17.1. The van der Waals surface area contributed by atoms with Crippen LogP contribution in [-0.4, -0.2) is 0 Å². The van der Waals surface area contributed by atoms with Crippen LogP contribution in [0.15, 0.2) is 48.5 Å². The molecule has 2 heteroatoms. The van der Waals surface area contributed by atoms with E-state index in [0.717, 1.165) is 11.4 Å². The summed E-state index contributed by atoms with van der Waals surface area (Å²) in [6.45, 7) is 13.4. The minimum atomic E-state index is 0. The maximum atomic E-state index is 4.69. The SMILES string of the molecule is CC(C)(C)c1ccc([N-]c2ccc(C(C)(C)C)cc2)cc1.[Cs+]. The predicted octanol–water partition coefficient (Wildman–Crippen LogP) is 3.62. The Morgan fingerprint density at radius 1 is 0.545 bits per heavy atom. The molecule has 2 rings (SSSR count). The standard InChI is InChI=1S/C20H26N.Cs/c1-19(2,3)15-7-11-17(12-8-15)21-18-13-9-16(10-14-18)20(4,5)6;/h7-14H,1-6H3;/q-1;+1. The molecule has 0 aromatic heterocycles. The van der Waals surface area contributed by atoms with Crippen molar-refractivity contribution < 1.29 is 68.9 Å². The number of rotatable bonds is 2. The summed E-state index contributed by atoms with van der Waals surface area (Å²) in [7, 11) is 0. The molecule has 112 valence electrons. The van der Waals surface area contributed by atoms with Crippen LogP contribution in [0.5, 0.6) is 0 Å².